The molecular weight excluding hydrogens is 362 g/mol. The lowest BCUT2D eigenvalue weighted by molar-refractivity contribution is 0.545. The topological polar surface area (TPSA) is 77.6 Å². The molecular formula is C23H23N5O. The summed E-state index contributed by atoms with van der Waals surface area (Å²) in [6.45, 7) is 12.6. The molecule has 6 heteroatoms. The van der Waals surface area contributed by atoms with Gasteiger partial charge in [-0.3, -0.25) is 0 Å². The molecule has 0 aromatic carbocycles. The minimum absolute atomic E-state index is 0.107. The Labute approximate surface area is 168 Å². The van der Waals surface area contributed by atoms with Crippen LogP contribution in [0.4, 0.5) is 0 Å². The third-order valence-electron chi connectivity index (χ3n) is 5.09. The summed E-state index contributed by atoms with van der Waals surface area (Å²) in [7, 11) is 0. The molecule has 0 aliphatic carbocycles. The third-order valence-corrected chi connectivity index (χ3v) is 5.09. The Balaban J connectivity index is 1.81. The lowest BCUT2D eigenvalue weighted by Crippen LogP contribution is -2.16. The van der Waals surface area contributed by atoms with Gasteiger partial charge in [0.1, 0.15) is 33.8 Å². The lowest BCUT2D eigenvalue weighted by Gasteiger charge is -2.17. The Morgan fingerprint density at radius 3 is 1.90 bits per heavy atom. The largest absolute Gasteiger partial charge is 0.456 e. The van der Waals surface area contributed by atoms with Gasteiger partial charge in [-0.15, -0.1) is 0 Å². The van der Waals surface area contributed by atoms with Crippen molar-refractivity contribution in [1.82, 2.24) is 24.9 Å². The van der Waals surface area contributed by atoms with Crippen LogP contribution in [0.1, 0.15) is 53.2 Å². The number of hydrogen-bond donors (Lipinski definition) is 0. The van der Waals surface area contributed by atoms with Crippen molar-refractivity contribution in [2.24, 2.45) is 0 Å². The van der Waals surface area contributed by atoms with Crippen LogP contribution in [0.3, 0.4) is 0 Å². The molecule has 0 spiro atoms. The number of aromatic nitrogens is 5. The second-order valence-electron chi connectivity index (χ2n) is 9.60. The first-order chi connectivity index (χ1) is 13.6. The van der Waals surface area contributed by atoms with Gasteiger partial charge in [0.2, 0.25) is 0 Å². The summed E-state index contributed by atoms with van der Waals surface area (Å²) < 4.78 is 6.00. The fraction of sp³-hybridized carbons (Fsp3) is 0.348. The van der Waals surface area contributed by atoms with Gasteiger partial charge in [0.15, 0.2) is 0 Å². The van der Waals surface area contributed by atoms with Crippen molar-refractivity contribution in [3.8, 4) is 11.3 Å². The molecule has 0 radical (unpaired) electrons. The van der Waals surface area contributed by atoms with Crippen LogP contribution in [-0.4, -0.2) is 24.9 Å². The van der Waals surface area contributed by atoms with Gasteiger partial charge < -0.3 is 4.42 Å². The van der Waals surface area contributed by atoms with Crippen LogP contribution >= 0.6 is 0 Å². The fourth-order valence-electron chi connectivity index (χ4n) is 3.55. The number of fused-ring (bicyclic) bond motifs is 7. The molecule has 146 valence electrons. The Morgan fingerprint density at radius 2 is 1.28 bits per heavy atom. The highest BCUT2D eigenvalue weighted by molar-refractivity contribution is 6.22. The van der Waals surface area contributed by atoms with Crippen LogP contribution in [0.15, 0.2) is 35.1 Å². The Morgan fingerprint density at radius 1 is 0.690 bits per heavy atom. The van der Waals surface area contributed by atoms with E-state index in [4.69, 9.17) is 14.4 Å². The smallest absolute Gasteiger partial charge is 0.137 e. The Bertz CT molecular complexity index is 1350. The quantitative estimate of drug-likeness (QED) is 0.359. The van der Waals surface area contributed by atoms with Gasteiger partial charge in [0.05, 0.1) is 22.7 Å². The van der Waals surface area contributed by atoms with Crippen molar-refractivity contribution < 1.29 is 4.42 Å². The standard InChI is InChI=1S/C23H23N5O/c1-22(2,3)20-24-9-12(10-25-20)18-16-14-7-8-15(29-14)17(16)19-13(27-18)11-26-21(28-19)23(4,5)6/h7-11H,1-6H3. The molecule has 0 saturated heterocycles. The molecule has 0 aliphatic heterocycles. The molecule has 0 amide bonds. The second-order valence-corrected chi connectivity index (χ2v) is 9.60. The average molecular weight is 385 g/mol. The molecule has 6 nitrogen and oxygen atoms in total. The first-order valence-electron chi connectivity index (χ1n) is 9.77. The van der Waals surface area contributed by atoms with E-state index in [2.05, 4.69) is 56.5 Å². The molecule has 29 heavy (non-hydrogen) atoms. The van der Waals surface area contributed by atoms with Gasteiger partial charge >= 0.3 is 0 Å². The number of nitrogens with zero attached hydrogens (tertiary/aromatic N) is 5. The molecule has 0 fully saturated rings. The molecule has 2 bridgehead atoms. The van der Waals surface area contributed by atoms with E-state index < -0.39 is 0 Å². The Hall–Kier alpha value is -3.15. The van der Waals surface area contributed by atoms with Gasteiger partial charge in [-0.25, -0.2) is 24.9 Å². The van der Waals surface area contributed by atoms with E-state index in [1.165, 1.54) is 0 Å². The van der Waals surface area contributed by atoms with Crippen molar-refractivity contribution in [1.29, 1.82) is 0 Å². The summed E-state index contributed by atoms with van der Waals surface area (Å²) in [6, 6.07) is 3.96. The number of furan rings is 2. The monoisotopic (exact) mass is 385 g/mol. The summed E-state index contributed by atoms with van der Waals surface area (Å²) in [5.41, 5.74) is 4.58. The van der Waals surface area contributed by atoms with Gasteiger partial charge in [0, 0.05) is 28.8 Å². The van der Waals surface area contributed by atoms with Gasteiger partial charge in [-0.05, 0) is 12.1 Å². The summed E-state index contributed by atoms with van der Waals surface area (Å²) in [5, 5.41) is 1.94. The van der Waals surface area contributed by atoms with Gasteiger partial charge in [0.25, 0.3) is 0 Å². The molecule has 5 rings (SSSR count). The minimum Gasteiger partial charge on any atom is -0.456 e. The summed E-state index contributed by atoms with van der Waals surface area (Å²) in [4.78, 5) is 23.5. The lowest BCUT2D eigenvalue weighted by atomic mass is 9.95. The van der Waals surface area contributed by atoms with E-state index in [-0.39, 0.29) is 10.8 Å². The Kier molecular flexibility index (Phi) is 3.51. The second kappa shape index (κ2) is 5.69. The van der Waals surface area contributed by atoms with Crippen molar-refractivity contribution in [3.63, 3.8) is 0 Å². The van der Waals surface area contributed by atoms with Crippen LogP contribution in [0.25, 0.3) is 44.2 Å². The van der Waals surface area contributed by atoms with Crippen LogP contribution in [0.2, 0.25) is 0 Å². The van der Waals surface area contributed by atoms with Crippen LogP contribution in [0.5, 0.6) is 0 Å². The molecule has 0 aliphatic rings. The first kappa shape index (κ1) is 17.9. The highest BCUT2D eigenvalue weighted by atomic mass is 16.3. The predicted octanol–water partition coefficient (Wildman–Crippen LogP) is 5.41. The normalized spacial score (nSPS) is 13.2. The average Bonchev–Trinajstić information content (AvgIpc) is 3.28. The molecule has 5 aromatic rings. The predicted molar refractivity (Wildman–Crippen MR) is 114 cm³/mol. The molecule has 5 heterocycles. The molecule has 0 N–H and O–H groups in total. The highest BCUT2D eigenvalue weighted by Crippen LogP contribution is 2.40. The van der Waals surface area contributed by atoms with Crippen molar-refractivity contribution in [2.75, 3.05) is 0 Å². The van der Waals surface area contributed by atoms with Crippen LogP contribution in [0, 0.1) is 0 Å². The maximum atomic E-state index is 6.00. The van der Waals surface area contributed by atoms with Gasteiger partial charge in [-0.2, -0.15) is 0 Å². The van der Waals surface area contributed by atoms with Crippen LogP contribution < -0.4 is 0 Å². The summed E-state index contributed by atoms with van der Waals surface area (Å²) in [5.74, 6) is 1.59. The molecule has 0 atom stereocenters. The first-order valence-corrected chi connectivity index (χ1v) is 9.77. The maximum absolute atomic E-state index is 6.00. The minimum atomic E-state index is -0.150. The SMILES string of the molecule is CC(C)(C)c1ncc(-c2nc3cnc(C(C)(C)C)nc3c3c4ccc(o4)c23)cn1. The summed E-state index contributed by atoms with van der Waals surface area (Å²) >= 11 is 0. The van der Waals surface area contributed by atoms with E-state index in [9.17, 15) is 0 Å². The van der Waals surface area contributed by atoms with Crippen LogP contribution in [-0.2, 0) is 10.8 Å². The molecule has 0 unspecified atom stereocenters. The van der Waals surface area contributed by atoms with Crippen molar-refractivity contribution in [3.05, 3.63) is 42.4 Å². The van der Waals surface area contributed by atoms with Crippen molar-refractivity contribution in [2.45, 2.75) is 52.4 Å². The maximum Gasteiger partial charge on any atom is 0.137 e. The zero-order valence-electron chi connectivity index (χ0n) is 17.5. The highest BCUT2D eigenvalue weighted by Gasteiger charge is 2.24. The van der Waals surface area contributed by atoms with E-state index in [1.54, 1.807) is 6.20 Å². The van der Waals surface area contributed by atoms with E-state index in [1.807, 2.05) is 24.5 Å². The number of pyridine rings is 1. The summed E-state index contributed by atoms with van der Waals surface area (Å²) in [6.07, 6.45) is 5.48. The third kappa shape index (κ3) is 2.74. The fourth-order valence-corrected chi connectivity index (χ4v) is 3.55. The van der Waals surface area contributed by atoms with Gasteiger partial charge in [-0.1, -0.05) is 41.5 Å². The number of benzene rings is 1. The van der Waals surface area contributed by atoms with E-state index in [0.717, 1.165) is 55.9 Å². The number of rotatable bonds is 1. The van der Waals surface area contributed by atoms with E-state index in [0.29, 0.717) is 0 Å². The van der Waals surface area contributed by atoms with Crippen molar-refractivity contribution >= 4 is 33.0 Å². The zero-order chi connectivity index (χ0) is 20.6. The molecule has 0 saturated carbocycles. The van der Waals surface area contributed by atoms with E-state index >= 15 is 0 Å². The number of hydrogen-bond acceptors (Lipinski definition) is 6. The molecule has 5 aromatic heterocycles. The zero-order valence-corrected chi connectivity index (χ0v) is 17.5.